The predicted molar refractivity (Wildman–Crippen MR) is 105 cm³/mol. The number of aliphatic imine (C=N–C) groups is 1. The Hall–Kier alpha value is -0.760. The van der Waals surface area contributed by atoms with Crippen molar-refractivity contribution in [1.82, 2.24) is 0 Å². The molecule has 0 saturated carbocycles. The van der Waals surface area contributed by atoms with Crippen LogP contribution in [0, 0.1) is 5.92 Å². The van der Waals surface area contributed by atoms with Gasteiger partial charge in [-0.3, -0.25) is 4.79 Å². The van der Waals surface area contributed by atoms with Gasteiger partial charge in [-0.25, -0.2) is 8.42 Å². The maximum absolute atomic E-state index is 12.2. The third-order valence-corrected chi connectivity index (χ3v) is 7.87. The van der Waals surface area contributed by atoms with E-state index in [0.717, 1.165) is 0 Å². The molecule has 25 heavy (non-hydrogen) atoms. The van der Waals surface area contributed by atoms with E-state index in [1.54, 1.807) is 23.1 Å². The molecule has 0 spiro atoms. The molecule has 2 atom stereocenters. The number of fused-ring (bicyclic) bond motifs is 1. The van der Waals surface area contributed by atoms with Crippen LogP contribution in [0.4, 0.5) is 5.69 Å². The number of sulfone groups is 1. The Morgan fingerprint density at radius 1 is 1.32 bits per heavy atom. The van der Waals surface area contributed by atoms with Gasteiger partial charge in [0.15, 0.2) is 15.0 Å². The zero-order valence-corrected chi connectivity index (χ0v) is 16.9. The zero-order chi connectivity index (χ0) is 18.4. The summed E-state index contributed by atoms with van der Waals surface area (Å²) < 4.78 is 24.1. The van der Waals surface area contributed by atoms with Crippen molar-refractivity contribution in [1.29, 1.82) is 0 Å². The summed E-state index contributed by atoms with van der Waals surface area (Å²) in [6.45, 7) is 3.90. The highest BCUT2D eigenvalue weighted by molar-refractivity contribution is 8.16. The van der Waals surface area contributed by atoms with Crippen LogP contribution in [-0.4, -0.2) is 42.3 Å². The zero-order valence-electron chi connectivity index (χ0n) is 13.8. The van der Waals surface area contributed by atoms with Crippen LogP contribution in [0.15, 0.2) is 23.2 Å². The number of carbonyl (C=O) groups is 1. The van der Waals surface area contributed by atoms with E-state index in [4.69, 9.17) is 23.2 Å². The number of hydrogen-bond acceptors (Lipinski definition) is 4. The first-order valence-corrected chi connectivity index (χ1v) is 11.4. The molecule has 2 aliphatic heterocycles. The van der Waals surface area contributed by atoms with Crippen LogP contribution in [0.5, 0.6) is 0 Å². The summed E-state index contributed by atoms with van der Waals surface area (Å²) >= 11 is 14.0. The number of halogens is 2. The molecule has 0 unspecified atom stereocenters. The summed E-state index contributed by atoms with van der Waals surface area (Å²) in [7, 11) is -3.13. The maximum Gasteiger partial charge on any atom is 0.248 e. The van der Waals surface area contributed by atoms with Crippen molar-refractivity contribution in [3.8, 4) is 0 Å². The molecule has 2 heterocycles. The molecule has 1 aromatic rings. The molecule has 3 rings (SSSR count). The van der Waals surface area contributed by atoms with Gasteiger partial charge in [-0.2, -0.15) is 4.99 Å². The average molecular weight is 421 g/mol. The van der Waals surface area contributed by atoms with Gasteiger partial charge < -0.3 is 4.90 Å². The Labute approximate surface area is 161 Å². The van der Waals surface area contributed by atoms with Crippen LogP contribution in [0.1, 0.15) is 20.3 Å². The number of rotatable bonds is 3. The van der Waals surface area contributed by atoms with E-state index in [-0.39, 0.29) is 34.6 Å². The second kappa shape index (κ2) is 7.10. The molecule has 2 aliphatic rings. The molecule has 9 heteroatoms. The SMILES string of the molecule is CC(C)CC(=O)N=C1S[C@@H]2CS(=O)(=O)C[C@@H]2N1c1c(Cl)cccc1Cl. The van der Waals surface area contributed by atoms with Crippen LogP contribution in [0.3, 0.4) is 0 Å². The lowest BCUT2D eigenvalue weighted by Gasteiger charge is -2.26. The summed E-state index contributed by atoms with van der Waals surface area (Å²) in [6.07, 6.45) is 0.335. The normalized spacial score (nSPS) is 26.4. The highest BCUT2D eigenvalue weighted by Gasteiger charge is 2.50. The minimum Gasteiger partial charge on any atom is -0.313 e. The Balaban J connectivity index is 2.04. The van der Waals surface area contributed by atoms with Crippen molar-refractivity contribution in [3.63, 3.8) is 0 Å². The number of amides is 1. The first-order valence-electron chi connectivity index (χ1n) is 7.90. The van der Waals surface area contributed by atoms with Crippen molar-refractivity contribution in [2.45, 2.75) is 31.6 Å². The highest BCUT2D eigenvalue weighted by atomic mass is 35.5. The number of benzene rings is 1. The lowest BCUT2D eigenvalue weighted by Crippen LogP contribution is -2.38. The monoisotopic (exact) mass is 420 g/mol. The fraction of sp³-hybridized carbons (Fsp3) is 0.500. The summed E-state index contributed by atoms with van der Waals surface area (Å²) in [4.78, 5) is 18.2. The summed E-state index contributed by atoms with van der Waals surface area (Å²) in [5, 5.41) is 1.11. The Kier molecular flexibility index (Phi) is 5.40. The number of hydrogen-bond donors (Lipinski definition) is 0. The minimum absolute atomic E-state index is 0.00358. The number of nitrogens with zero attached hydrogens (tertiary/aromatic N) is 2. The smallest absolute Gasteiger partial charge is 0.248 e. The van der Waals surface area contributed by atoms with Gasteiger partial charge in [0.25, 0.3) is 0 Å². The van der Waals surface area contributed by atoms with Crippen molar-refractivity contribution in [2.24, 2.45) is 10.9 Å². The van der Waals surface area contributed by atoms with E-state index in [1.807, 2.05) is 13.8 Å². The van der Waals surface area contributed by atoms with E-state index in [1.165, 1.54) is 11.8 Å². The molecule has 5 nitrogen and oxygen atoms in total. The molecule has 1 aromatic carbocycles. The number of thioether (sulfide) groups is 1. The topological polar surface area (TPSA) is 66.8 Å². The lowest BCUT2D eigenvalue weighted by molar-refractivity contribution is -0.118. The van der Waals surface area contributed by atoms with Gasteiger partial charge in [-0.05, 0) is 18.1 Å². The lowest BCUT2D eigenvalue weighted by atomic mass is 10.1. The molecular weight excluding hydrogens is 403 g/mol. The molecular formula is C16H18Cl2N2O3S2. The quantitative estimate of drug-likeness (QED) is 0.746. The van der Waals surface area contributed by atoms with Crippen molar-refractivity contribution >= 4 is 61.6 Å². The third-order valence-electron chi connectivity index (χ3n) is 4.05. The molecule has 2 saturated heterocycles. The fourth-order valence-electron chi connectivity index (χ4n) is 3.05. The molecule has 136 valence electrons. The van der Waals surface area contributed by atoms with Crippen molar-refractivity contribution in [3.05, 3.63) is 28.2 Å². The van der Waals surface area contributed by atoms with Crippen LogP contribution < -0.4 is 4.90 Å². The highest BCUT2D eigenvalue weighted by Crippen LogP contribution is 2.45. The largest absolute Gasteiger partial charge is 0.313 e. The maximum atomic E-state index is 12.2. The Morgan fingerprint density at radius 3 is 2.56 bits per heavy atom. The third kappa shape index (κ3) is 3.99. The van der Waals surface area contributed by atoms with Gasteiger partial charge in [0, 0.05) is 11.7 Å². The molecule has 0 aliphatic carbocycles. The first-order chi connectivity index (χ1) is 11.7. The first kappa shape index (κ1) is 19.0. The summed E-state index contributed by atoms with van der Waals surface area (Å²) in [5.74, 6) is 0.0380. The predicted octanol–water partition coefficient (Wildman–Crippen LogP) is 3.64. The van der Waals surface area contributed by atoms with E-state index in [0.29, 0.717) is 27.3 Å². The van der Waals surface area contributed by atoms with Crippen molar-refractivity contribution < 1.29 is 13.2 Å². The van der Waals surface area contributed by atoms with E-state index in [2.05, 4.69) is 4.99 Å². The molecule has 0 radical (unpaired) electrons. The fourth-order valence-corrected chi connectivity index (χ4v) is 7.54. The number of anilines is 1. The van der Waals surface area contributed by atoms with E-state index < -0.39 is 9.84 Å². The standard InChI is InChI=1S/C16H18Cl2N2O3S2/c1-9(2)6-14(21)19-16-20(15-10(17)4-3-5-11(15)18)12-7-25(22,23)8-13(12)24-16/h3-5,9,12-13H,6-8H2,1-2H3/t12-,13+/m0/s1. The van der Waals surface area contributed by atoms with Crippen LogP contribution in [0.25, 0.3) is 0 Å². The van der Waals surface area contributed by atoms with Crippen LogP contribution >= 0.6 is 35.0 Å². The Bertz CT molecular complexity index is 820. The second-order valence-corrected chi connectivity index (χ2v) is 10.8. The molecule has 0 bridgehead atoms. The molecule has 0 aromatic heterocycles. The average Bonchev–Trinajstić information content (AvgIpc) is 2.90. The molecule has 1 amide bonds. The summed E-state index contributed by atoms with van der Waals surface area (Å²) in [5.41, 5.74) is 0.513. The van der Waals surface area contributed by atoms with E-state index in [9.17, 15) is 13.2 Å². The molecule has 0 N–H and O–H groups in total. The van der Waals surface area contributed by atoms with Crippen LogP contribution in [0.2, 0.25) is 10.0 Å². The van der Waals surface area contributed by atoms with Gasteiger partial charge in [0.2, 0.25) is 5.91 Å². The number of para-hydroxylation sites is 1. The Morgan fingerprint density at radius 2 is 1.96 bits per heavy atom. The number of carbonyl (C=O) groups excluding carboxylic acids is 1. The van der Waals surface area contributed by atoms with Gasteiger partial charge in [-0.15, -0.1) is 0 Å². The van der Waals surface area contributed by atoms with Gasteiger partial charge in [0.1, 0.15) is 0 Å². The van der Waals surface area contributed by atoms with E-state index >= 15 is 0 Å². The summed E-state index contributed by atoms with van der Waals surface area (Å²) in [6, 6.07) is 4.79. The van der Waals surface area contributed by atoms with Gasteiger partial charge >= 0.3 is 0 Å². The number of amidine groups is 1. The minimum atomic E-state index is -3.13. The van der Waals surface area contributed by atoms with Crippen LogP contribution in [-0.2, 0) is 14.6 Å². The molecule has 2 fully saturated rings. The van der Waals surface area contributed by atoms with Crippen molar-refractivity contribution in [2.75, 3.05) is 16.4 Å². The second-order valence-electron chi connectivity index (χ2n) is 6.63. The van der Waals surface area contributed by atoms with Gasteiger partial charge in [-0.1, -0.05) is 54.9 Å². The van der Waals surface area contributed by atoms with Gasteiger partial charge in [0.05, 0.1) is 33.3 Å².